The number of likely N-dealkylation sites (N-methyl/N-ethyl adjacent to an activating group) is 1. The molecule has 1 atom stereocenters. The molecule has 0 spiro atoms. The predicted molar refractivity (Wildman–Crippen MR) is 77.2 cm³/mol. The summed E-state index contributed by atoms with van der Waals surface area (Å²) in [7, 11) is -1.28. The fourth-order valence-corrected chi connectivity index (χ4v) is 4.12. The molecule has 0 aromatic heterocycles. The van der Waals surface area contributed by atoms with Crippen LogP contribution in [0, 0.1) is 0 Å². The van der Waals surface area contributed by atoms with Crippen LogP contribution in [-0.4, -0.2) is 43.8 Å². The minimum Gasteiger partial charge on any atom is -0.341 e. The van der Waals surface area contributed by atoms with Gasteiger partial charge in [0.1, 0.15) is 0 Å². The quantitative estimate of drug-likeness (QED) is 0.852. The lowest BCUT2D eigenvalue weighted by Gasteiger charge is -2.23. The second kappa shape index (κ2) is 5.54. The van der Waals surface area contributed by atoms with E-state index in [0.29, 0.717) is 12.8 Å². The Kier molecular flexibility index (Phi) is 4.20. The summed E-state index contributed by atoms with van der Waals surface area (Å²) in [5.41, 5.74) is 0.913. The van der Waals surface area contributed by atoms with Gasteiger partial charge in [-0.2, -0.15) is 0 Å². The zero-order valence-corrected chi connectivity index (χ0v) is 12.5. The van der Waals surface area contributed by atoms with Crippen LogP contribution in [0.5, 0.6) is 0 Å². The Balaban J connectivity index is 1.98. The average Bonchev–Trinajstić information content (AvgIpc) is 2.71. The highest BCUT2D eigenvalue weighted by Crippen LogP contribution is 2.17. The van der Waals surface area contributed by atoms with Crippen molar-refractivity contribution in [2.75, 3.05) is 18.6 Å². The molecule has 1 heterocycles. The maximum atomic E-state index is 12.1. The van der Waals surface area contributed by atoms with E-state index in [1.165, 1.54) is 0 Å². The second-order valence-electron chi connectivity index (χ2n) is 4.90. The van der Waals surface area contributed by atoms with Gasteiger partial charge in [-0.05, 0) is 24.1 Å². The summed E-state index contributed by atoms with van der Waals surface area (Å²) in [6.07, 6.45) is 0.835. The monoisotopic (exact) mass is 299 g/mol. The maximum Gasteiger partial charge on any atom is 0.227 e. The van der Waals surface area contributed by atoms with Crippen molar-refractivity contribution in [1.29, 1.82) is 0 Å². The van der Waals surface area contributed by atoms with Gasteiger partial charge in [-0.25, -0.2) is 8.42 Å². The lowest BCUT2D eigenvalue weighted by atomic mass is 10.1. The molecule has 19 heavy (non-hydrogen) atoms. The highest BCUT2D eigenvalue weighted by atomic mass is 32.2. The van der Waals surface area contributed by atoms with Gasteiger partial charge in [-0.3, -0.25) is 4.79 Å². The maximum absolute atomic E-state index is 12.1. The van der Waals surface area contributed by atoms with E-state index < -0.39 is 9.84 Å². The Hall–Kier alpha value is -1.01. The molecule has 0 N–H and O–H groups in total. The average molecular weight is 299 g/mol. The Bertz CT molecular complexity index is 566. The number of hydrogen-bond donors (Lipinski definition) is 1. The molecule has 1 aromatic carbocycles. The first-order valence-electron chi connectivity index (χ1n) is 6.11. The molecule has 0 aliphatic carbocycles. The Morgan fingerprint density at radius 1 is 1.37 bits per heavy atom. The number of rotatable bonds is 3. The Morgan fingerprint density at radius 3 is 2.53 bits per heavy atom. The Labute approximate surface area is 119 Å². The van der Waals surface area contributed by atoms with Crippen molar-refractivity contribution in [1.82, 2.24) is 4.90 Å². The van der Waals surface area contributed by atoms with E-state index in [2.05, 4.69) is 12.6 Å². The smallest absolute Gasteiger partial charge is 0.227 e. The molecule has 1 aliphatic heterocycles. The molecule has 6 heteroatoms. The van der Waals surface area contributed by atoms with Crippen LogP contribution in [0.25, 0.3) is 0 Å². The SMILES string of the molecule is CN(C(=O)Cc1ccc(S)cc1)C1CCS(=O)(=O)C1. The van der Waals surface area contributed by atoms with Crippen molar-refractivity contribution in [2.24, 2.45) is 0 Å². The number of amides is 1. The number of sulfone groups is 1. The van der Waals surface area contributed by atoms with Crippen LogP contribution in [-0.2, 0) is 21.1 Å². The van der Waals surface area contributed by atoms with E-state index in [9.17, 15) is 13.2 Å². The first-order chi connectivity index (χ1) is 8.87. The van der Waals surface area contributed by atoms with Gasteiger partial charge in [0.05, 0.1) is 17.9 Å². The van der Waals surface area contributed by atoms with Crippen LogP contribution < -0.4 is 0 Å². The largest absolute Gasteiger partial charge is 0.341 e. The summed E-state index contributed by atoms with van der Waals surface area (Å²) in [6, 6.07) is 7.22. The predicted octanol–water partition coefficient (Wildman–Crippen LogP) is 1.16. The van der Waals surface area contributed by atoms with Gasteiger partial charge in [0.2, 0.25) is 5.91 Å². The molecule has 0 saturated carbocycles. The van der Waals surface area contributed by atoms with Gasteiger partial charge in [-0.1, -0.05) is 12.1 Å². The van der Waals surface area contributed by atoms with Crippen LogP contribution in [0.4, 0.5) is 0 Å². The highest BCUT2D eigenvalue weighted by molar-refractivity contribution is 7.91. The minimum absolute atomic E-state index is 0.0472. The third kappa shape index (κ3) is 3.73. The molecule has 104 valence electrons. The molecule has 1 aliphatic rings. The van der Waals surface area contributed by atoms with Gasteiger partial charge < -0.3 is 4.90 Å². The van der Waals surface area contributed by atoms with Crippen molar-refractivity contribution in [3.05, 3.63) is 29.8 Å². The van der Waals surface area contributed by atoms with E-state index in [4.69, 9.17) is 0 Å². The third-order valence-corrected chi connectivity index (χ3v) is 5.49. The lowest BCUT2D eigenvalue weighted by molar-refractivity contribution is -0.130. The van der Waals surface area contributed by atoms with E-state index in [0.717, 1.165) is 10.5 Å². The number of carbonyl (C=O) groups excluding carboxylic acids is 1. The second-order valence-corrected chi connectivity index (χ2v) is 7.65. The standard InChI is InChI=1S/C13H17NO3S2/c1-14(11-6-7-19(16,17)9-11)13(15)8-10-2-4-12(18)5-3-10/h2-5,11,18H,6-9H2,1H3. The highest BCUT2D eigenvalue weighted by Gasteiger charge is 2.32. The summed E-state index contributed by atoms with van der Waals surface area (Å²) < 4.78 is 22.8. The molecule has 2 rings (SSSR count). The van der Waals surface area contributed by atoms with Crippen LogP contribution in [0.1, 0.15) is 12.0 Å². The van der Waals surface area contributed by atoms with Crippen LogP contribution in [0.2, 0.25) is 0 Å². The summed E-state index contributed by atoms with van der Waals surface area (Å²) in [6.45, 7) is 0. The van der Waals surface area contributed by atoms with Crippen molar-refractivity contribution in [2.45, 2.75) is 23.8 Å². The van der Waals surface area contributed by atoms with E-state index >= 15 is 0 Å². The number of thiol groups is 1. The zero-order chi connectivity index (χ0) is 14.0. The summed E-state index contributed by atoms with van der Waals surface area (Å²) in [5, 5.41) is 0. The molecular formula is C13H17NO3S2. The Morgan fingerprint density at radius 2 is 2.00 bits per heavy atom. The van der Waals surface area contributed by atoms with E-state index in [-0.39, 0.29) is 23.5 Å². The molecule has 1 fully saturated rings. The molecule has 1 unspecified atom stereocenters. The van der Waals surface area contributed by atoms with Gasteiger partial charge in [0.25, 0.3) is 0 Å². The first-order valence-corrected chi connectivity index (χ1v) is 8.38. The van der Waals surface area contributed by atoms with Gasteiger partial charge in [0.15, 0.2) is 9.84 Å². The fourth-order valence-electron chi connectivity index (χ4n) is 2.20. The number of hydrogen-bond acceptors (Lipinski definition) is 4. The van der Waals surface area contributed by atoms with E-state index in [1.54, 1.807) is 11.9 Å². The minimum atomic E-state index is -2.96. The number of carbonyl (C=O) groups is 1. The molecule has 1 amide bonds. The molecule has 1 aromatic rings. The molecule has 4 nitrogen and oxygen atoms in total. The van der Waals surface area contributed by atoms with Crippen LogP contribution in [0.3, 0.4) is 0 Å². The normalized spacial score (nSPS) is 21.3. The molecule has 1 saturated heterocycles. The van der Waals surface area contributed by atoms with Crippen molar-refractivity contribution in [3.63, 3.8) is 0 Å². The van der Waals surface area contributed by atoms with E-state index in [1.807, 2.05) is 24.3 Å². The van der Waals surface area contributed by atoms with Gasteiger partial charge >= 0.3 is 0 Å². The van der Waals surface area contributed by atoms with Gasteiger partial charge in [-0.15, -0.1) is 12.6 Å². The molecule has 0 radical (unpaired) electrons. The van der Waals surface area contributed by atoms with Crippen molar-refractivity contribution < 1.29 is 13.2 Å². The van der Waals surface area contributed by atoms with Crippen molar-refractivity contribution >= 4 is 28.4 Å². The number of nitrogens with zero attached hydrogens (tertiary/aromatic N) is 1. The molecule has 0 bridgehead atoms. The summed E-state index contributed by atoms with van der Waals surface area (Å²) >= 11 is 4.19. The van der Waals surface area contributed by atoms with Crippen LogP contribution >= 0.6 is 12.6 Å². The topological polar surface area (TPSA) is 54.5 Å². The fraction of sp³-hybridized carbons (Fsp3) is 0.462. The third-order valence-electron chi connectivity index (χ3n) is 3.44. The van der Waals surface area contributed by atoms with Crippen molar-refractivity contribution in [3.8, 4) is 0 Å². The summed E-state index contributed by atoms with van der Waals surface area (Å²) in [5.74, 6) is 0.225. The molecular weight excluding hydrogens is 282 g/mol. The summed E-state index contributed by atoms with van der Waals surface area (Å²) in [4.78, 5) is 14.5. The zero-order valence-electron chi connectivity index (χ0n) is 10.7. The lowest BCUT2D eigenvalue weighted by Crippen LogP contribution is -2.38. The number of benzene rings is 1. The van der Waals surface area contributed by atoms with Gasteiger partial charge in [0, 0.05) is 18.0 Å². The van der Waals surface area contributed by atoms with Crippen LogP contribution in [0.15, 0.2) is 29.2 Å². The first kappa shape index (κ1) is 14.4.